The summed E-state index contributed by atoms with van der Waals surface area (Å²) in [7, 11) is 0. The minimum atomic E-state index is -1.02. The lowest BCUT2D eigenvalue weighted by Gasteiger charge is -2.10. The predicted octanol–water partition coefficient (Wildman–Crippen LogP) is 6.37. The molecule has 0 amide bonds. The summed E-state index contributed by atoms with van der Waals surface area (Å²) in [6, 6.07) is 17.0. The molecule has 0 atom stereocenters. The van der Waals surface area contributed by atoms with E-state index in [9.17, 15) is 4.79 Å². The first-order chi connectivity index (χ1) is 14.0. The van der Waals surface area contributed by atoms with Crippen LogP contribution in [0, 0.1) is 0 Å². The number of anilines is 1. The second-order valence-electron chi connectivity index (χ2n) is 5.90. The van der Waals surface area contributed by atoms with Crippen molar-refractivity contribution in [3.05, 3.63) is 92.4 Å². The number of carboxylic acid groups (broad SMARTS) is 1. The van der Waals surface area contributed by atoms with Gasteiger partial charge in [0.15, 0.2) is 0 Å². The fourth-order valence-corrected chi connectivity index (χ4v) is 3.11. The third-order valence-electron chi connectivity index (χ3n) is 3.96. The normalized spacial score (nSPS) is 10.9. The number of hydrogen-bond donors (Lipinski definition) is 2. The van der Waals surface area contributed by atoms with E-state index in [1.165, 1.54) is 6.07 Å². The number of carbonyl (C=O) groups is 1. The first kappa shape index (κ1) is 21.0. The predicted molar refractivity (Wildman–Crippen MR) is 117 cm³/mol. The average molecular weight is 450 g/mol. The topological polar surface area (TPSA) is 70.9 Å². The Morgan fingerprint density at radius 2 is 1.69 bits per heavy atom. The smallest absolute Gasteiger partial charge is 0.337 e. The molecule has 0 bridgehead atoms. The molecular weight excluding hydrogens is 435 g/mol. The van der Waals surface area contributed by atoms with Gasteiger partial charge < -0.3 is 9.84 Å². The van der Waals surface area contributed by atoms with E-state index in [-0.39, 0.29) is 12.2 Å². The molecule has 0 saturated heterocycles. The summed E-state index contributed by atoms with van der Waals surface area (Å²) < 4.78 is 5.73. The summed E-state index contributed by atoms with van der Waals surface area (Å²) in [4.78, 5) is 11.2. The Morgan fingerprint density at radius 1 is 1.00 bits per heavy atom. The van der Waals surface area contributed by atoms with Crippen LogP contribution in [0.5, 0.6) is 5.75 Å². The van der Waals surface area contributed by atoms with Gasteiger partial charge in [0.05, 0.1) is 27.5 Å². The monoisotopic (exact) mass is 448 g/mol. The van der Waals surface area contributed by atoms with Crippen LogP contribution in [0.3, 0.4) is 0 Å². The molecule has 0 spiro atoms. The number of hydrazone groups is 1. The van der Waals surface area contributed by atoms with E-state index in [0.29, 0.717) is 32.1 Å². The van der Waals surface area contributed by atoms with Gasteiger partial charge in [-0.3, -0.25) is 5.43 Å². The Kier molecular flexibility index (Phi) is 6.99. The molecule has 5 nitrogen and oxygen atoms in total. The maximum atomic E-state index is 11.2. The minimum Gasteiger partial charge on any atom is -0.489 e. The molecule has 0 aliphatic carbocycles. The van der Waals surface area contributed by atoms with Crippen molar-refractivity contribution in [2.45, 2.75) is 6.61 Å². The van der Waals surface area contributed by atoms with E-state index in [0.717, 1.165) is 5.56 Å². The lowest BCUT2D eigenvalue weighted by Crippen LogP contribution is -2.02. The van der Waals surface area contributed by atoms with Crippen LogP contribution in [-0.4, -0.2) is 17.3 Å². The number of ether oxygens (including phenoxy) is 1. The van der Waals surface area contributed by atoms with Gasteiger partial charge in [0.1, 0.15) is 12.4 Å². The highest BCUT2D eigenvalue weighted by Crippen LogP contribution is 2.32. The highest BCUT2D eigenvalue weighted by Gasteiger charge is 2.10. The summed E-state index contributed by atoms with van der Waals surface area (Å²) in [6.07, 6.45) is 1.58. The van der Waals surface area contributed by atoms with Gasteiger partial charge in [-0.1, -0.05) is 46.9 Å². The highest BCUT2D eigenvalue weighted by atomic mass is 35.5. The van der Waals surface area contributed by atoms with Gasteiger partial charge in [-0.25, -0.2) is 4.79 Å². The maximum Gasteiger partial charge on any atom is 0.337 e. The van der Waals surface area contributed by atoms with Crippen LogP contribution in [0.1, 0.15) is 21.5 Å². The van der Waals surface area contributed by atoms with Gasteiger partial charge >= 0.3 is 5.97 Å². The van der Waals surface area contributed by atoms with E-state index in [1.54, 1.807) is 48.7 Å². The summed E-state index contributed by atoms with van der Waals surface area (Å²) in [5, 5.41) is 14.5. The largest absolute Gasteiger partial charge is 0.489 e. The first-order valence-corrected chi connectivity index (χ1v) is 9.55. The van der Waals surface area contributed by atoms with Crippen LogP contribution in [-0.2, 0) is 6.61 Å². The number of carboxylic acids is 1. The molecule has 29 heavy (non-hydrogen) atoms. The number of nitrogens with zero attached hydrogens (tertiary/aromatic N) is 1. The number of rotatable bonds is 7. The molecule has 0 fully saturated rings. The molecule has 0 unspecified atom stereocenters. The Hall–Kier alpha value is -2.73. The molecule has 0 aliphatic rings. The Balaban J connectivity index is 1.62. The van der Waals surface area contributed by atoms with E-state index in [2.05, 4.69) is 10.5 Å². The minimum absolute atomic E-state index is 0.145. The van der Waals surface area contributed by atoms with Crippen molar-refractivity contribution in [1.29, 1.82) is 0 Å². The van der Waals surface area contributed by atoms with Gasteiger partial charge in [-0.15, -0.1) is 0 Å². The van der Waals surface area contributed by atoms with Crippen LogP contribution in [0.4, 0.5) is 5.69 Å². The quantitative estimate of drug-likeness (QED) is 0.250. The van der Waals surface area contributed by atoms with Crippen LogP contribution >= 0.6 is 34.8 Å². The zero-order valence-corrected chi connectivity index (χ0v) is 17.2. The van der Waals surface area contributed by atoms with Crippen molar-refractivity contribution in [3.63, 3.8) is 0 Å². The molecule has 148 valence electrons. The molecule has 0 saturated carbocycles. The van der Waals surface area contributed by atoms with Crippen molar-refractivity contribution in [1.82, 2.24) is 0 Å². The zero-order chi connectivity index (χ0) is 20.8. The van der Waals surface area contributed by atoms with Crippen LogP contribution < -0.4 is 10.2 Å². The lowest BCUT2D eigenvalue weighted by molar-refractivity contribution is 0.0698. The molecule has 0 aliphatic heterocycles. The van der Waals surface area contributed by atoms with Gasteiger partial charge in [0.25, 0.3) is 0 Å². The molecule has 8 heteroatoms. The third-order valence-corrected chi connectivity index (χ3v) is 5.16. The van der Waals surface area contributed by atoms with E-state index >= 15 is 0 Å². The van der Waals surface area contributed by atoms with Crippen LogP contribution in [0.15, 0.2) is 65.8 Å². The maximum absolute atomic E-state index is 11.2. The second kappa shape index (κ2) is 9.65. The standard InChI is InChI=1S/C21H15Cl3N2O3/c22-17-9-10-18(23)20(24)16(17)12-29-14-7-5-13(6-8-14)11-25-26-19-4-2-1-3-15(19)21(27)28/h1-11,26H,12H2,(H,27,28)/b25-11+. The summed E-state index contributed by atoms with van der Waals surface area (Å²) in [5.74, 6) is -0.400. The Labute approximate surface area is 182 Å². The fraction of sp³-hybridized carbons (Fsp3) is 0.0476. The van der Waals surface area contributed by atoms with Gasteiger partial charge in [0.2, 0.25) is 0 Å². The molecular formula is C21H15Cl3N2O3. The van der Waals surface area contributed by atoms with Crippen LogP contribution in [0.2, 0.25) is 15.1 Å². The lowest BCUT2D eigenvalue weighted by atomic mass is 10.2. The summed E-state index contributed by atoms with van der Waals surface area (Å²) >= 11 is 18.3. The van der Waals surface area contributed by atoms with Crippen molar-refractivity contribution in [3.8, 4) is 5.75 Å². The van der Waals surface area contributed by atoms with Crippen molar-refractivity contribution in [2.24, 2.45) is 5.10 Å². The number of halogens is 3. The van der Waals surface area contributed by atoms with E-state index in [1.807, 2.05) is 12.1 Å². The van der Waals surface area contributed by atoms with Crippen molar-refractivity contribution in [2.75, 3.05) is 5.43 Å². The number of para-hydroxylation sites is 1. The number of aromatic carboxylic acids is 1. The summed E-state index contributed by atoms with van der Waals surface area (Å²) in [5.41, 5.74) is 4.71. The Morgan fingerprint density at radius 3 is 2.41 bits per heavy atom. The van der Waals surface area contributed by atoms with Crippen LogP contribution in [0.25, 0.3) is 0 Å². The Bertz CT molecular complexity index is 1050. The second-order valence-corrected chi connectivity index (χ2v) is 7.09. The van der Waals surface area contributed by atoms with Crippen molar-refractivity contribution < 1.29 is 14.6 Å². The first-order valence-electron chi connectivity index (χ1n) is 8.42. The molecule has 0 heterocycles. The number of nitrogens with one attached hydrogen (secondary N) is 1. The number of benzene rings is 3. The zero-order valence-electron chi connectivity index (χ0n) is 14.9. The highest BCUT2D eigenvalue weighted by molar-refractivity contribution is 6.44. The molecule has 2 N–H and O–H groups in total. The molecule has 3 aromatic rings. The molecule has 3 aromatic carbocycles. The van der Waals surface area contributed by atoms with Gasteiger partial charge in [-0.2, -0.15) is 5.10 Å². The van der Waals surface area contributed by atoms with Gasteiger partial charge in [-0.05, 0) is 54.1 Å². The SMILES string of the molecule is O=C(O)c1ccccc1N/N=C/c1ccc(OCc2c(Cl)ccc(Cl)c2Cl)cc1. The average Bonchev–Trinajstić information content (AvgIpc) is 2.72. The molecule has 0 radical (unpaired) electrons. The van der Waals surface area contributed by atoms with E-state index in [4.69, 9.17) is 44.6 Å². The van der Waals surface area contributed by atoms with Gasteiger partial charge in [0, 0.05) is 10.6 Å². The third kappa shape index (κ3) is 5.41. The molecule has 0 aromatic heterocycles. The van der Waals surface area contributed by atoms with E-state index < -0.39 is 5.97 Å². The fourth-order valence-electron chi connectivity index (χ4n) is 2.45. The summed E-state index contributed by atoms with van der Waals surface area (Å²) in [6.45, 7) is 0.180. The number of hydrogen-bond acceptors (Lipinski definition) is 4. The van der Waals surface area contributed by atoms with Crippen molar-refractivity contribution >= 4 is 52.7 Å². The molecule has 3 rings (SSSR count).